The molecule has 2 heteroatoms. The van der Waals surface area contributed by atoms with Crippen LogP contribution < -0.4 is 0 Å². The van der Waals surface area contributed by atoms with E-state index in [0.29, 0.717) is 6.42 Å². The summed E-state index contributed by atoms with van der Waals surface area (Å²) >= 11 is 0. The lowest BCUT2D eigenvalue weighted by molar-refractivity contribution is 0.573. The van der Waals surface area contributed by atoms with Crippen LogP contribution >= 0.6 is 0 Å². The number of allylic oxidation sites excluding steroid dienone is 6. The Kier molecular flexibility index (Phi) is 2.00. The van der Waals surface area contributed by atoms with Crippen molar-refractivity contribution in [1.29, 1.82) is 0 Å². The summed E-state index contributed by atoms with van der Waals surface area (Å²) in [7, 11) is 0. The lowest BCUT2D eigenvalue weighted by Crippen LogP contribution is -1.71. The molecule has 1 aliphatic rings. The molecule has 0 fully saturated rings. The SMILES string of the molecule is CC1=CC(F)=C(F)C=CC1. The first-order valence-corrected chi connectivity index (χ1v) is 3.09. The van der Waals surface area contributed by atoms with Gasteiger partial charge in [-0.05, 0) is 25.5 Å². The van der Waals surface area contributed by atoms with Crippen molar-refractivity contribution in [2.45, 2.75) is 13.3 Å². The van der Waals surface area contributed by atoms with Crippen LogP contribution in [-0.4, -0.2) is 0 Å². The second-order valence-corrected chi connectivity index (χ2v) is 2.29. The van der Waals surface area contributed by atoms with Crippen LogP contribution in [0.15, 0.2) is 35.5 Å². The van der Waals surface area contributed by atoms with Gasteiger partial charge in [-0.1, -0.05) is 11.6 Å². The Hall–Kier alpha value is -0.920. The Labute approximate surface area is 58.6 Å². The molecule has 54 valence electrons. The zero-order valence-electron chi connectivity index (χ0n) is 5.70. The molecule has 0 N–H and O–H groups in total. The van der Waals surface area contributed by atoms with Crippen LogP contribution in [0.4, 0.5) is 8.78 Å². The van der Waals surface area contributed by atoms with Crippen molar-refractivity contribution >= 4 is 0 Å². The molecule has 1 rings (SSSR count). The number of hydrogen-bond acceptors (Lipinski definition) is 0. The number of halogens is 2. The highest BCUT2D eigenvalue weighted by Crippen LogP contribution is 2.18. The van der Waals surface area contributed by atoms with E-state index in [-0.39, 0.29) is 0 Å². The topological polar surface area (TPSA) is 0 Å². The summed E-state index contributed by atoms with van der Waals surface area (Å²) in [6.45, 7) is 1.77. The summed E-state index contributed by atoms with van der Waals surface area (Å²) in [6.07, 6.45) is 4.60. The van der Waals surface area contributed by atoms with Gasteiger partial charge < -0.3 is 0 Å². The maximum Gasteiger partial charge on any atom is 0.158 e. The van der Waals surface area contributed by atoms with Gasteiger partial charge in [-0.15, -0.1) is 0 Å². The van der Waals surface area contributed by atoms with Gasteiger partial charge in [0.2, 0.25) is 0 Å². The van der Waals surface area contributed by atoms with Crippen molar-refractivity contribution < 1.29 is 8.78 Å². The Morgan fingerprint density at radius 2 is 2.00 bits per heavy atom. The van der Waals surface area contributed by atoms with E-state index in [1.165, 1.54) is 6.08 Å². The molecule has 0 spiro atoms. The predicted molar refractivity (Wildman–Crippen MR) is 36.8 cm³/mol. The molecule has 0 bridgehead atoms. The Morgan fingerprint density at radius 1 is 1.30 bits per heavy atom. The fraction of sp³-hybridized carbons (Fsp3) is 0.250. The minimum absolute atomic E-state index is 0.626. The molecule has 0 nitrogen and oxygen atoms in total. The smallest absolute Gasteiger partial charge is 0.158 e. The zero-order chi connectivity index (χ0) is 7.56. The molecule has 0 radical (unpaired) electrons. The van der Waals surface area contributed by atoms with Crippen molar-refractivity contribution in [2.75, 3.05) is 0 Å². The van der Waals surface area contributed by atoms with Crippen molar-refractivity contribution in [1.82, 2.24) is 0 Å². The van der Waals surface area contributed by atoms with Crippen LogP contribution in [0, 0.1) is 0 Å². The largest absolute Gasteiger partial charge is 0.204 e. The lowest BCUT2D eigenvalue weighted by Gasteiger charge is -1.89. The molecule has 0 amide bonds. The van der Waals surface area contributed by atoms with Crippen molar-refractivity contribution in [3.8, 4) is 0 Å². The second kappa shape index (κ2) is 2.78. The first-order valence-electron chi connectivity index (χ1n) is 3.09. The van der Waals surface area contributed by atoms with E-state index >= 15 is 0 Å². The molecule has 1 aliphatic carbocycles. The molecule has 0 saturated heterocycles. The average Bonchev–Trinajstić information content (AvgIpc) is 1.96. The van der Waals surface area contributed by atoms with E-state index in [1.54, 1.807) is 13.0 Å². The second-order valence-electron chi connectivity index (χ2n) is 2.29. The molecule has 0 saturated carbocycles. The first kappa shape index (κ1) is 7.19. The van der Waals surface area contributed by atoms with Gasteiger partial charge in [0.05, 0.1) is 0 Å². The van der Waals surface area contributed by atoms with Gasteiger partial charge in [0.1, 0.15) is 0 Å². The third-order valence-electron chi connectivity index (χ3n) is 1.31. The monoisotopic (exact) mass is 142 g/mol. The van der Waals surface area contributed by atoms with Crippen LogP contribution in [0.2, 0.25) is 0 Å². The van der Waals surface area contributed by atoms with Gasteiger partial charge in [0, 0.05) is 0 Å². The molecule has 0 unspecified atom stereocenters. The highest BCUT2D eigenvalue weighted by Gasteiger charge is 2.02. The number of rotatable bonds is 0. The molecular formula is C8H8F2. The third-order valence-corrected chi connectivity index (χ3v) is 1.31. The Morgan fingerprint density at radius 3 is 2.70 bits per heavy atom. The standard InChI is InChI=1S/C8H8F2/c1-6-3-2-4-7(9)8(10)5-6/h2,4-5H,3H2,1H3. The average molecular weight is 142 g/mol. The van der Waals surface area contributed by atoms with Gasteiger partial charge in [0.15, 0.2) is 11.7 Å². The fourth-order valence-corrected chi connectivity index (χ4v) is 0.772. The fourth-order valence-electron chi connectivity index (χ4n) is 0.772. The summed E-state index contributed by atoms with van der Waals surface area (Å²) in [4.78, 5) is 0. The number of hydrogen-bond donors (Lipinski definition) is 0. The van der Waals surface area contributed by atoms with Gasteiger partial charge in [-0.3, -0.25) is 0 Å². The normalized spacial score (nSPS) is 18.9. The van der Waals surface area contributed by atoms with Crippen LogP contribution in [0.3, 0.4) is 0 Å². The molecule has 0 atom stereocenters. The molecule has 0 aromatic rings. The van der Waals surface area contributed by atoms with Gasteiger partial charge in [-0.25, -0.2) is 8.78 Å². The maximum atomic E-state index is 12.5. The van der Waals surface area contributed by atoms with E-state index in [0.717, 1.165) is 11.6 Å². The maximum absolute atomic E-state index is 12.5. The third kappa shape index (κ3) is 1.53. The van der Waals surface area contributed by atoms with Crippen molar-refractivity contribution in [2.24, 2.45) is 0 Å². The summed E-state index contributed by atoms with van der Waals surface area (Å²) in [5.74, 6) is -1.55. The van der Waals surface area contributed by atoms with E-state index in [4.69, 9.17) is 0 Å². The molecule has 0 aromatic heterocycles. The zero-order valence-corrected chi connectivity index (χ0v) is 5.70. The Bertz CT molecular complexity index is 221. The molecule has 0 aliphatic heterocycles. The first-order chi connectivity index (χ1) is 4.70. The van der Waals surface area contributed by atoms with E-state index in [9.17, 15) is 8.78 Å². The minimum Gasteiger partial charge on any atom is -0.204 e. The molecule has 0 heterocycles. The van der Waals surface area contributed by atoms with Crippen molar-refractivity contribution in [3.05, 3.63) is 35.5 Å². The van der Waals surface area contributed by atoms with Gasteiger partial charge in [-0.2, -0.15) is 0 Å². The van der Waals surface area contributed by atoms with Crippen LogP contribution in [0.1, 0.15) is 13.3 Å². The van der Waals surface area contributed by atoms with E-state index < -0.39 is 11.7 Å². The van der Waals surface area contributed by atoms with Crippen molar-refractivity contribution in [3.63, 3.8) is 0 Å². The Balaban J connectivity index is 2.98. The van der Waals surface area contributed by atoms with E-state index in [1.807, 2.05) is 0 Å². The molecular weight excluding hydrogens is 134 g/mol. The molecule has 10 heavy (non-hydrogen) atoms. The van der Waals surface area contributed by atoms with Crippen LogP contribution in [0.5, 0.6) is 0 Å². The highest BCUT2D eigenvalue weighted by molar-refractivity contribution is 5.30. The van der Waals surface area contributed by atoms with E-state index in [2.05, 4.69) is 0 Å². The molecule has 0 aromatic carbocycles. The summed E-state index contributed by atoms with van der Waals surface area (Å²) in [5.41, 5.74) is 0.835. The van der Waals surface area contributed by atoms with Crippen LogP contribution in [-0.2, 0) is 0 Å². The summed E-state index contributed by atoms with van der Waals surface area (Å²) < 4.78 is 24.8. The minimum atomic E-state index is -0.781. The van der Waals surface area contributed by atoms with Gasteiger partial charge in [0.25, 0.3) is 0 Å². The van der Waals surface area contributed by atoms with Crippen LogP contribution in [0.25, 0.3) is 0 Å². The quantitative estimate of drug-likeness (QED) is 0.487. The van der Waals surface area contributed by atoms with Gasteiger partial charge >= 0.3 is 0 Å². The predicted octanol–water partition coefficient (Wildman–Crippen LogP) is 3.04. The summed E-state index contributed by atoms with van der Waals surface area (Å²) in [6, 6.07) is 0. The summed E-state index contributed by atoms with van der Waals surface area (Å²) in [5, 5.41) is 0. The lowest BCUT2D eigenvalue weighted by atomic mass is 10.2. The highest BCUT2D eigenvalue weighted by atomic mass is 19.2.